The van der Waals surface area contributed by atoms with Crippen molar-refractivity contribution < 1.29 is 49.0 Å². The lowest BCUT2D eigenvalue weighted by atomic mass is 9.99. The molecule has 1 rings (SSSR count). The minimum Gasteiger partial charge on any atom is -0.462 e. The maximum atomic E-state index is 12.6. The van der Waals surface area contributed by atoms with Crippen LogP contribution in [0.1, 0.15) is 181 Å². The van der Waals surface area contributed by atoms with E-state index in [2.05, 4.69) is 13.8 Å². The maximum absolute atomic E-state index is 12.6. The van der Waals surface area contributed by atoms with Crippen molar-refractivity contribution in [1.82, 2.24) is 0 Å². The van der Waals surface area contributed by atoms with Crippen LogP contribution in [0, 0.1) is 0 Å². The second-order valence-corrected chi connectivity index (χ2v) is 14.1. The van der Waals surface area contributed by atoms with Gasteiger partial charge in [-0.1, -0.05) is 155 Å². The summed E-state index contributed by atoms with van der Waals surface area (Å²) in [6.07, 6.45) is 21.4. The zero-order valence-corrected chi connectivity index (χ0v) is 31.2. The summed E-state index contributed by atoms with van der Waals surface area (Å²) in [6, 6.07) is 0. The molecule has 290 valence electrons. The third-order valence-corrected chi connectivity index (χ3v) is 9.49. The summed E-state index contributed by atoms with van der Waals surface area (Å²) >= 11 is 0. The van der Waals surface area contributed by atoms with Crippen LogP contribution in [0.3, 0.4) is 0 Å². The molecule has 0 spiro atoms. The van der Waals surface area contributed by atoms with Crippen molar-refractivity contribution in [2.24, 2.45) is 0 Å². The Morgan fingerprint density at radius 2 is 0.959 bits per heavy atom. The summed E-state index contributed by atoms with van der Waals surface area (Å²) in [5.41, 5.74) is 0. The molecule has 0 amide bonds. The van der Waals surface area contributed by atoms with Crippen LogP contribution in [0.25, 0.3) is 0 Å². The number of hydrogen-bond acceptors (Lipinski definition) is 10. The first-order valence-corrected chi connectivity index (χ1v) is 20.1. The standard InChI is InChI=1S/C39H74O10/c1-3-5-7-9-11-12-13-14-15-16-17-18-19-20-22-23-25-27-34(41)46-30-32(48-35(42)28-26-24-21-10-8-6-4-2)31-47-39-38(45)37(44)36(43)33(29-40)49-39/h32-33,36-40,43-45H,3-31H2,1-2H3/t32-,33-,36+,37?,38?,39-/m0/s1. The van der Waals surface area contributed by atoms with Gasteiger partial charge < -0.3 is 39.4 Å². The monoisotopic (exact) mass is 703 g/mol. The average molecular weight is 703 g/mol. The van der Waals surface area contributed by atoms with Crippen molar-refractivity contribution in [3.63, 3.8) is 0 Å². The Kier molecular flexibility index (Phi) is 29.3. The minimum atomic E-state index is -1.59. The molecule has 1 aliphatic heterocycles. The van der Waals surface area contributed by atoms with Crippen LogP contribution in [0.4, 0.5) is 0 Å². The summed E-state index contributed by atoms with van der Waals surface area (Å²) in [5, 5.41) is 39.8. The molecule has 0 aromatic carbocycles. The molecule has 1 saturated heterocycles. The van der Waals surface area contributed by atoms with Crippen molar-refractivity contribution >= 4 is 11.9 Å². The highest BCUT2D eigenvalue weighted by Gasteiger charge is 2.44. The van der Waals surface area contributed by atoms with E-state index < -0.39 is 49.4 Å². The van der Waals surface area contributed by atoms with E-state index in [0.29, 0.717) is 6.42 Å². The van der Waals surface area contributed by atoms with Crippen LogP contribution in [-0.2, 0) is 28.5 Å². The van der Waals surface area contributed by atoms with Gasteiger partial charge in [-0.3, -0.25) is 9.59 Å². The Bertz CT molecular complexity index is 779. The number of esters is 2. The molecule has 0 saturated carbocycles. The molecule has 1 heterocycles. The molecular formula is C39H74O10. The predicted molar refractivity (Wildman–Crippen MR) is 192 cm³/mol. The summed E-state index contributed by atoms with van der Waals surface area (Å²) in [5.74, 6) is -0.804. The van der Waals surface area contributed by atoms with E-state index in [1.54, 1.807) is 0 Å². The van der Waals surface area contributed by atoms with Gasteiger partial charge in [-0.05, 0) is 12.8 Å². The van der Waals surface area contributed by atoms with Crippen LogP contribution in [0.15, 0.2) is 0 Å². The smallest absolute Gasteiger partial charge is 0.306 e. The van der Waals surface area contributed by atoms with Gasteiger partial charge in [-0.2, -0.15) is 0 Å². The van der Waals surface area contributed by atoms with Gasteiger partial charge in [0.1, 0.15) is 31.0 Å². The van der Waals surface area contributed by atoms with Crippen LogP contribution in [0.2, 0.25) is 0 Å². The lowest BCUT2D eigenvalue weighted by Gasteiger charge is -2.39. The topological polar surface area (TPSA) is 152 Å². The Balaban J connectivity index is 2.28. The highest BCUT2D eigenvalue weighted by Crippen LogP contribution is 2.22. The first kappa shape index (κ1) is 45.7. The van der Waals surface area contributed by atoms with E-state index in [0.717, 1.165) is 38.5 Å². The van der Waals surface area contributed by atoms with Crippen LogP contribution < -0.4 is 0 Å². The number of carbonyl (C=O) groups is 2. The molecule has 1 aliphatic rings. The van der Waals surface area contributed by atoms with E-state index in [4.69, 9.17) is 18.9 Å². The molecule has 10 nitrogen and oxygen atoms in total. The predicted octanol–water partition coefficient (Wildman–Crippen LogP) is 7.44. The first-order chi connectivity index (χ1) is 23.8. The van der Waals surface area contributed by atoms with E-state index in [1.165, 1.54) is 109 Å². The van der Waals surface area contributed by atoms with Gasteiger partial charge in [0.2, 0.25) is 0 Å². The molecule has 49 heavy (non-hydrogen) atoms. The van der Waals surface area contributed by atoms with E-state index >= 15 is 0 Å². The van der Waals surface area contributed by atoms with Gasteiger partial charge in [0, 0.05) is 12.8 Å². The molecule has 0 aromatic rings. The molecule has 0 aromatic heterocycles. The third-order valence-electron chi connectivity index (χ3n) is 9.49. The second kappa shape index (κ2) is 31.4. The van der Waals surface area contributed by atoms with Gasteiger partial charge >= 0.3 is 11.9 Å². The molecule has 2 unspecified atom stereocenters. The highest BCUT2D eigenvalue weighted by molar-refractivity contribution is 5.70. The number of rotatable bonds is 33. The Morgan fingerprint density at radius 1 is 0.551 bits per heavy atom. The van der Waals surface area contributed by atoms with E-state index in [9.17, 15) is 30.0 Å². The zero-order valence-electron chi connectivity index (χ0n) is 31.2. The van der Waals surface area contributed by atoms with Gasteiger partial charge in [-0.15, -0.1) is 0 Å². The van der Waals surface area contributed by atoms with Crippen molar-refractivity contribution in [2.75, 3.05) is 19.8 Å². The number of aliphatic hydroxyl groups excluding tert-OH is 4. The van der Waals surface area contributed by atoms with Crippen molar-refractivity contribution in [1.29, 1.82) is 0 Å². The quantitative estimate of drug-likeness (QED) is 0.0401. The maximum Gasteiger partial charge on any atom is 0.306 e. The van der Waals surface area contributed by atoms with Crippen LogP contribution >= 0.6 is 0 Å². The van der Waals surface area contributed by atoms with Gasteiger partial charge in [0.25, 0.3) is 0 Å². The Hall–Kier alpha value is -1.30. The molecule has 0 bridgehead atoms. The van der Waals surface area contributed by atoms with E-state index in [1.807, 2.05) is 0 Å². The van der Waals surface area contributed by atoms with Gasteiger partial charge in [0.15, 0.2) is 12.4 Å². The van der Waals surface area contributed by atoms with Crippen LogP contribution in [0.5, 0.6) is 0 Å². The average Bonchev–Trinajstić information content (AvgIpc) is 3.10. The number of hydrogen-bond donors (Lipinski definition) is 4. The molecule has 4 N–H and O–H groups in total. The summed E-state index contributed by atoms with van der Waals surface area (Å²) in [6.45, 7) is 3.38. The summed E-state index contributed by atoms with van der Waals surface area (Å²) < 4.78 is 22.0. The van der Waals surface area contributed by atoms with Crippen LogP contribution in [-0.4, -0.2) is 89.0 Å². The second-order valence-electron chi connectivity index (χ2n) is 14.1. The number of unbranched alkanes of at least 4 members (excludes halogenated alkanes) is 22. The number of aliphatic hydroxyl groups is 4. The fraction of sp³-hybridized carbons (Fsp3) is 0.949. The van der Waals surface area contributed by atoms with Crippen molar-refractivity contribution in [2.45, 2.75) is 218 Å². The molecular weight excluding hydrogens is 628 g/mol. The zero-order chi connectivity index (χ0) is 36.0. The van der Waals surface area contributed by atoms with Gasteiger partial charge in [-0.25, -0.2) is 0 Å². The highest BCUT2D eigenvalue weighted by atomic mass is 16.7. The minimum absolute atomic E-state index is 0.210. The Morgan fingerprint density at radius 3 is 1.39 bits per heavy atom. The molecule has 0 aliphatic carbocycles. The largest absolute Gasteiger partial charge is 0.462 e. The molecule has 1 fully saturated rings. The normalized spacial score (nSPS) is 21.5. The fourth-order valence-corrected chi connectivity index (χ4v) is 6.25. The van der Waals surface area contributed by atoms with E-state index in [-0.39, 0.29) is 32.0 Å². The SMILES string of the molecule is CCCCCCCCCCCCCCCCCCCC(=O)OC[C@@H](CO[C@H]1O[C@@H](CO)[C@@H](O)C(O)C1O)OC(=O)CCCCCCCCC. The number of ether oxygens (including phenoxy) is 4. The van der Waals surface area contributed by atoms with Crippen molar-refractivity contribution in [3.05, 3.63) is 0 Å². The van der Waals surface area contributed by atoms with Crippen molar-refractivity contribution in [3.8, 4) is 0 Å². The lowest BCUT2D eigenvalue weighted by Crippen LogP contribution is -2.59. The molecule has 6 atom stereocenters. The third kappa shape index (κ3) is 23.7. The first-order valence-electron chi connectivity index (χ1n) is 20.1. The summed E-state index contributed by atoms with van der Waals surface area (Å²) in [7, 11) is 0. The Labute approximate surface area is 298 Å². The molecule has 10 heteroatoms. The lowest BCUT2D eigenvalue weighted by molar-refractivity contribution is -0.305. The number of carbonyl (C=O) groups excluding carboxylic acids is 2. The summed E-state index contributed by atoms with van der Waals surface area (Å²) in [4.78, 5) is 25.1. The van der Waals surface area contributed by atoms with Gasteiger partial charge in [0.05, 0.1) is 13.2 Å². The fourth-order valence-electron chi connectivity index (χ4n) is 6.25. The molecule has 0 radical (unpaired) electrons.